The maximum absolute atomic E-state index is 10.9. The van der Waals surface area contributed by atoms with Crippen LogP contribution in [0, 0.1) is 0 Å². The topological polar surface area (TPSA) is 65.0 Å². The molecule has 0 fully saturated rings. The van der Waals surface area contributed by atoms with E-state index in [1.807, 2.05) is 24.3 Å². The SMILES string of the molecule is COc1ccccc1COc1ccc(C(=O)O)cc1OC. The first-order valence-electron chi connectivity index (χ1n) is 6.31. The van der Waals surface area contributed by atoms with Crippen molar-refractivity contribution in [3.05, 3.63) is 53.6 Å². The number of benzene rings is 2. The largest absolute Gasteiger partial charge is 0.496 e. The van der Waals surface area contributed by atoms with Crippen LogP contribution in [0.25, 0.3) is 0 Å². The molecule has 2 aromatic rings. The van der Waals surface area contributed by atoms with E-state index in [4.69, 9.17) is 19.3 Å². The summed E-state index contributed by atoms with van der Waals surface area (Å²) in [6.45, 7) is 0.298. The van der Waals surface area contributed by atoms with Crippen molar-refractivity contribution in [2.75, 3.05) is 14.2 Å². The van der Waals surface area contributed by atoms with Gasteiger partial charge in [-0.15, -0.1) is 0 Å². The van der Waals surface area contributed by atoms with E-state index in [0.717, 1.165) is 11.3 Å². The number of rotatable bonds is 6. The maximum atomic E-state index is 10.9. The third-order valence-electron chi connectivity index (χ3n) is 2.99. The molecule has 5 heteroatoms. The number of methoxy groups -OCH3 is 2. The average molecular weight is 288 g/mol. The van der Waals surface area contributed by atoms with E-state index in [2.05, 4.69) is 0 Å². The van der Waals surface area contributed by atoms with E-state index in [0.29, 0.717) is 18.1 Å². The van der Waals surface area contributed by atoms with Crippen LogP contribution in [0.15, 0.2) is 42.5 Å². The summed E-state index contributed by atoms with van der Waals surface area (Å²) >= 11 is 0. The van der Waals surface area contributed by atoms with Gasteiger partial charge in [-0.3, -0.25) is 0 Å². The Morgan fingerprint density at radius 1 is 1.00 bits per heavy atom. The number of para-hydroxylation sites is 1. The van der Waals surface area contributed by atoms with Crippen molar-refractivity contribution < 1.29 is 24.1 Å². The Bertz CT molecular complexity index is 636. The second-order valence-corrected chi connectivity index (χ2v) is 4.27. The van der Waals surface area contributed by atoms with Gasteiger partial charge in [0.2, 0.25) is 0 Å². The summed E-state index contributed by atoms with van der Waals surface area (Å²) in [5.74, 6) is 0.585. The second kappa shape index (κ2) is 6.65. The van der Waals surface area contributed by atoms with Crippen molar-refractivity contribution >= 4 is 5.97 Å². The van der Waals surface area contributed by atoms with Gasteiger partial charge in [0.1, 0.15) is 12.4 Å². The van der Waals surface area contributed by atoms with Crippen molar-refractivity contribution in [2.45, 2.75) is 6.61 Å². The smallest absolute Gasteiger partial charge is 0.335 e. The molecular weight excluding hydrogens is 272 g/mol. The lowest BCUT2D eigenvalue weighted by Crippen LogP contribution is -2.02. The Labute approximate surface area is 122 Å². The van der Waals surface area contributed by atoms with Crippen molar-refractivity contribution in [3.63, 3.8) is 0 Å². The maximum Gasteiger partial charge on any atom is 0.335 e. The normalized spacial score (nSPS) is 10.0. The summed E-state index contributed by atoms with van der Waals surface area (Å²) in [6, 6.07) is 12.0. The summed E-state index contributed by atoms with van der Waals surface area (Å²) in [4.78, 5) is 10.9. The fourth-order valence-electron chi connectivity index (χ4n) is 1.90. The molecule has 0 spiro atoms. The van der Waals surface area contributed by atoms with Crippen LogP contribution in [0.2, 0.25) is 0 Å². The molecule has 0 amide bonds. The monoisotopic (exact) mass is 288 g/mol. The molecule has 0 aliphatic rings. The molecule has 0 saturated heterocycles. The molecule has 0 radical (unpaired) electrons. The lowest BCUT2D eigenvalue weighted by Gasteiger charge is -2.13. The van der Waals surface area contributed by atoms with Crippen molar-refractivity contribution in [3.8, 4) is 17.2 Å². The lowest BCUT2D eigenvalue weighted by atomic mass is 10.2. The Hall–Kier alpha value is -2.69. The highest BCUT2D eigenvalue weighted by molar-refractivity contribution is 5.88. The molecule has 1 N–H and O–H groups in total. The zero-order chi connectivity index (χ0) is 15.2. The molecule has 0 aliphatic heterocycles. The van der Waals surface area contributed by atoms with Crippen LogP contribution in [0.1, 0.15) is 15.9 Å². The first-order valence-corrected chi connectivity index (χ1v) is 6.31. The van der Waals surface area contributed by atoms with Gasteiger partial charge >= 0.3 is 5.97 Å². The van der Waals surface area contributed by atoms with Crippen LogP contribution in [0.5, 0.6) is 17.2 Å². The molecule has 0 aliphatic carbocycles. The number of carboxylic acids is 1. The standard InChI is InChI=1S/C16H16O5/c1-19-13-6-4-3-5-12(13)10-21-14-8-7-11(16(17)18)9-15(14)20-2/h3-9H,10H2,1-2H3,(H,17,18). The van der Waals surface area contributed by atoms with E-state index in [1.54, 1.807) is 13.2 Å². The van der Waals surface area contributed by atoms with Gasteiger partial charge in [-0.05, 0) is 24.3 Å². The number of carboxylic acid groups (broad SMARTS) is 1. The van der Waals surface area contributed by atoms with Crippen LogP contribution < -0.4 is 14.2 Å². The molecule has 0 bridgehead atoms. The van der Waals surface area contributed by atoms with Crippen molar-refractivity contribution in [1.29, 1.82) is 0 Å². The molecule has 0 unspecified atom stereocenters. The van der Waals surface area contributed by atoms with E-state index in [-0.39, 0.29) is 5.56 Å². The van der Waals surface area contributed by atoms with Crippen LogP contribution in [0.4, 0.5) is 0 Å². The molecule has 5 nitrogen and oxygen atoms in total. The van der Waals surface area contributed by atoms with E-state index in [1.165, 1.54) is 19.2 Å². The van der Waals surface area contributed by atoms with Gasteiger partial charge in [-0.2, -0.15) is 0 Å². The van der Waals surface area contributed by atoms with Gasteiger partial charge in [-0.1, -0.05) is 18.2 Å². The number of ether oxygens (including phenoxy) is 3. The molecule has 0 saturated carbocycles. The zero-order valence-electron chi connectivity index (χ0n) is 11.8. The first kappa shape index (κ1) is 14.7. The van der Waals surface area contributed by atoms with Gasteiger partial charge in [0.05, 0.1) is 19.8 Å². The summed E-state index contributed by atoms with van der Waals surface area (Å²) in [5.41, 5.74) is 1.04. The Kier molecular flexibility index (Phi) is 4.66. The van der Waals surface area contributed by atoms with Gasteiger partial charge in [0.15, 0.2) is 11.5 Å². The number of aromatic carboxylic acids is 1. The highest BCUT2D eigenvalue weighted by Gasteiger charge is 2.11. The summed E-state index contributed by atoms with van der Waals surface area (Å²) < 4.78 is 16.1. The molecule has 2 rings (SSSR count). The third kappa shape index (κ3) is 3.45. The summed E-state index contributed by atoms with van der Waals surface area (Å²) in [5, 5.41) is 8.96. The molecule has 0 heterocycles. The quantitative estimate of drug-likeness (QED) is 0.885. The second-order valence-electron chi connectivity index (χ2n) is 4.27. The van der Waals surface area contributed by atoms with E-state index in [9.17, 15) is 4.79 Å². The van der Waals surface area contributed by atoms with E-state index >= 15 is 0 Å². The van der Waals surface area contributed by atoms with Crippen LogP contribution >= 0.6 is 0 Å². The van der Waals surface area contributed by atoms with Gasteiger partial charge in [0.25, 0.3) is 0 Å². The summed E-state index contributed by atoms with van der Waals surface area (Å²) in [7, 11) is 3.07. The minimum Gasteiger partial charge on any atom is -0.496 e. The van der Waals surface area contributed by atoms with Crippen LogP contribution in [0.3, 0.4) is 0 Å². The fraction of sp³-hybridized carbons (Fsp3) is 0.188. The van der Waals surface area contributed by atoms with Crippen molar-refractivity contribution in [2.24, 2.45) is 0 Å². The van der Waals surface area contributed by atoms with Crippen LogP contribution in [-0.2, 0) is 6.61 Å². The van der Waals surface area contributed by atoms with Gasteiger partial charge in [0, 0.05) is 5.56 Å². The predicted molar refractivity (Wildman–Crippen MR) is 77.3 cm³/mol. The molecular formula is C16H16O5. The Morgan fingerprint density at radius 3 is 2.38 bits per heavy atom. The zero-order valence-corrected chi connectivity index (χ0v) is 11.8. The minimum absolute atomic E-state index is 0.150. The van der Waals surface area contributed by atoms with Crippen molar-refractivity contribution in [1.82, 2.24) is 0 Å². The summed E-state index contributed by atoms with van der Waals surface area (Å²) in [6.07, 6.45) is 0. The minimum atomic E-state index is -1.01. The fourth-order valence-corrected chi connectivity index (χ4v) is 1.90. The van der Waals surface area contributed by atoms with Gasteiger partial charge < -0.3 is 19.3 Å². The molecule has 110 valence electrons. The average Bonchev–Trinajstić information content (AvgIpc) is 2.52. The number of hydrogen-bond acceptors (Lipinski definition) is 4. The molecule has 0 aromatic heterocycles. The lowest BCUT2D eigenvalue weighted by molar-refractivity contribution is 0.0696. The molecule has 2 aromatic carbocycles. The van der Waals surface area contributed by atoms with Gasteiger partial charge in [-0.25, -0.2) is 4.79 Å². The third-order valence-corrected chi connectivity index (χ3v) is 2.99. The highest BCUT2D eigenvalue weighted by atomic mass is 16.5. The van der Waals surface area contributed by atoms with E-state index < -0.39 is 5.97 Å². The first-order chi connectivity index (χ1) is 10.2. The number of hydrogen-bond donors (Lipinski definition) is 1. The molecule has 0 atom stereocenters. The number of carbonyl (C=O) groups is 1. The molecule has 21 heavy (non-hydrogen) atoms. The predicted octanol–water partition coefficient (Wildman–Crippen LogP) is 2.98. The Morgan fingerprint density at radius 2 is 1.71 bits per heavy atom. The van der Waals surface area contributed by atoms with Crippen LogP contribution in [-0.4, -0.2) is 25.3 Å². The highest BCUT2D eigenvalue weighted by Crippen LogP contribution is 2.29. The Balaban J connectivity index is 2.18.